The van der Waals surface area contributed by atoms with Crippen molar-refractivity contribution in [3.05, 3.63) is 24.2 Å². The molecule has 1 N–H and O–H groups in total. The molecule has 0 amide bonds. The van der Waals surface area contributed by atoms with Crippen LogP contribution in [0.15, 0.2) is 22.8 Å². The first-order chi connectivity index (χ1) is 9.31. The molecule has 1 aromatic rings. The predicted molar refractivity (Wildman–Crippen MR) is 77.0 cm³/mol. The van der Waals surface area contributed by atoms with Gasteiger partial charge in [-0.25, -0.2) is 0 Å². The van der Waals surface area contributed by atoms with Crippen LogP contribution in [-0.2, 0) is 6.54 Å². The number of hydrogen-bond donors (Lipinski definition) is 1. The molecule has 0 spiro atoms. The van der Waals surface area contributed by atoms with Crippen molar-refractivity contribution < 1.29 is 4.42 Å². The lowest BCUT2D eigenvalue weighted by Gasteiger charge is -2.35. The largest absolute Gasteiger partial charge is 0.468 e. The van der Waals surface area contributed by atoms with Gasteiger partial charge in [0.05, 0.1) is 12.8 Å². The number of nitrogens with zero attached hydrogens (tertiary/aromatic N) is 1. The van der Waals surface area contributed by atoms with E-state index in [0.717, 1.165) is 18.3 Å². The quantitative estimate of drug-likeness (QED) is 0.818. The molecule has 106 valence electrons. The summed E-state index contributed by atoms with van der Waals surface area (Å²) in [5.74, 6) is 1.11. The van der Waals surface area contributed by atoms with Gasteiger partial charge in [-0.3, -0.25) is 4.90 Å². The van der Waals surface area contributed by atoms with Gasteiger partial charge in [-0.05, 0) is 50.8 Å². The SMILES string of the molecule is CCCC1(CN(Cc2ccco2)C2CC2)CCCN1. The summed E-state index contributed by atoms with van der Waals surface area (Å²) in [5, 5.41) is 3.79. The summed E-state index contributed by atoms with van der Waals surface area (Å²) < 4.78 is 5.54. The minimum Gasteiger partial charge on any atom is -0.468 e. The maximum Gasteiger partial charge on any atom is 0.117 e. The van der Waals surface area contributed by atoms with Gasteiger partial charge in [0.1, 0.15) is 5.76 Å². The van der Waals surface area contributed by atoms with Crippen LogP contribution in [0.1, 0.15) is 51.2 Å². The summed E-state index contributed by atoms with van der Waals surface area (Å²) in [6.45, 7) is 5.66. The van der Waals surface area contributed by atoms with Gasteiger partial charge in [0.15, 0.2) is 0 Å². The molecular weight excluding hydrogens is 236 g/mol. The molecule has 3 nitrogen and oxygen atoms in total. The first-order valence-electron chi connectivity index (χ1n) is 7.83. The van der Waals surface area contributed by atoms with Crippen LogP contribution in [0, 0.1) is 0 Å². The van der Waals surface area contributed by atoms with Crippen LogP contribution < -0.4 is 5.32 Å². The Hall–Kier alpha value is -0.800. The Morgan fingerprint density at radius 3 is 2.95 bits per heavy atom. The average Bonchev–Trinajstić information content (AvgIpc) is 2.94. The van der Waals surface area contributed by atoms with Crippen LogP contribution >= 0.6 is 0 Å². The fourth-order valence-corrected chi connectivity index (χ4v) is 3.52. The maximum absolute atomic E-state index is 5.54. The summed E-state index contributed by atoms with van der Waals surface area (Å²) in [5.41, 5.74) is 0.365. The summed E-state index contributed by atoms with van der Waals surface area (Å²) in [6.07, 6.45) is 9.75. The third-order valence-electron chi connectivity index (χ3n) is 4.57. The molecule has 1 aliphatic carbocycles. The standard InChI is InChI=1S/C16H26N2O/c1-2-8-16(9-4-10-17-16)13-18(14-6-7-14)12-15-5-3-11-19-15/h3,5,11,14,17H,2,4,6-10,12-13H2,1H3. The maximum atomic E-state index is 5.54. The van der Waals surface area contributed by atoms with Crippen LogP contribution in [0.4, 0.5) is 0 Å². The van der Waals surface area contributed by atoms with E-state index in [-0.39, 0.29) is 0 Å². The molecule has 0 radical (unpaired) electrons. The van der Waals surface area contributed by atoms with Crippen LogP contribution in [0.5, 0.6) is 0 Å². The van der Waals surface area contributed by atoms with Crippen LogP contribution in [-0.4, -0.2) is 29.6 Å². The van der Waals surface area contributed by atoms with Crippen molar-refractivity contribution in [2.75, 3.05) is 13.1 Å². The van der Waals surface area contributed by atoms with E-state index in [9.17, 15) is 0 Å². The summed E-state index contributed by atoms with van der Waals surface area (Å²) in [4.78, 5) is 2.65. The molecule has 1 saturated heterocycles. The van der Waals surface area contributed by atoms with Crippen molar-refractivity contribution in [3.63, 3.8) is 0 Å². The highest BCUT2D eigenvalue weighted by Gasteiger charge is 2.39. The fourth-order valence-electron chi connectivity index (χ4n) is 3.52. The fraction of sp³-hybridized carbons (Fsp3) is 0.750. The lowest BCUT2D eigenvalue weighted by molar-refractivity contribution is 0.159. The van der Waals surface area contributed by atoms with Crippen LogP contribution in [0.3, 0.4) is 0 Å². The highest BCUT2D eigenvalue weighted by Crippen LogP contribution is 2.33. The van der Waals surface area contributed by atoms with Gasteiger partial charge in [-0.15, -0.1) is 0 Å². The molecule has 19 heavy (non-hydrogen) atoms. The van der Waals surface area contributed by atoms with Gasteiger partial charge in [0.25, 0.3) is 0 Å². The minimum absolute atomic E-state index is 0.365. The Kier molecular flexibility index (Phi) is 3.94. The molecule has 1 aliphatic heterocycles. The van der Waals surface area contributed by atoms with E-state index in [1.54, 1.807) is 6.26 Å². The summed E-state index contributed by atoms with van der Waals surface area (Å²) in [7, 11) is 0. The Balaban J connectivity index is 1.66. The zero-order valence-electron chi connectivity index (χ0n) is 12.0. The topological polar surface area (TPSA) is 28.4 Å². The second kappa shape index (κ2) is 5.68. The van der Waals surface area contributed by atoms with Crippen LogP contribution in [0.2, 0.25) is 0 Å². The van der Waals surface area contributed by atoms with Gasteiger partial charge >= 0.3 is 0 Å². The van der Waals surface area contributed by atoms with Gasteiger partial charge in [-0.1, -0.05) is 13.3 Å². The molecule has 3 heteroatoms. The minimum atomic E-state index is 0.365. The Morgan fingerprint density at radius 1 is 1.47 bits per heavy atom. The third kappa shape index (κ3) is 3.21. The van der Waals surface area contributed by atoms with E-state index in [1.807, 2.05) is 6.07 Å². The van der Waals surface area contributed by atoms with Crippen LogP contribution in [0.25, 0.3) is 0 Å². The number of nitrogens with one attached hydrogen (secondary N) is 1. The van der Waals surface area contributed by atoms with Gasteiger partial charge < -0.3 is 9.73 Å². The number of furan rings is 1. The van der Waals surface area contributed by atoms with Crippen molar-refractivity contribution in [2.45, 2.75) is 63.6 Å². The molecule has 3 rings (SSSR count). The molecule has 1 aromatic heterocycles. The Bertz CT molecular complexity index is 377. The van der Waals surface area contributed by atoms with Gasteiger partial charge in [0.2, 0.25) is 0 Å². The first kappa shape index (κ1) is 13.2. The van der Waals surface area contributed by atoms with E-state index in [4.69, 9.17) is 4.42 Å². The molecule has 0 bridgehead atoms. The molecule has 1 saturated carbocycles. The smallest absolute Gasteiger partial charge is 0.117 e. The van der Waals surface area contributed by atoms with E-state index in [2.05, 4.69) is 23.2 Å². The predicted octanol–water partition coefficient (Wildman–Crippen LogP) is 3.17. The van der Waals surface area contributed by atoms with Crippen molar-refractivity contribution in [2.24, 2.45) is 0 Å². The second-order valence-electron chi connectivity index (χ2n) is 6.28. The zero-order chi connectivity index (χ0) is 13.1. The highest BCUT2D eigenvalue weighted by molar-refractivity contribution is 5.03. The number of rotatable bonds is 7. The third-order valence-corrected chi connectivity index (χ3v) is 4.57. The lowest BCUT2D eigenvalue weighted by Crippen LogP contribution is -2.50. The first-order valence-corrected chi connectivity index (χ1v) is 7.83. The molecule has 1 atom stereocenters. The van der Waals surface area contributed by atoms with Crippen molar-refractivity contribution in [1.29, 1.82) is 0 Å². The monoisotopic (exact) mass is 262 g/mol. The molecule has 2 heterocycles. The van der Waals surface area contributed by atoms with E-state index < -0.39 is 0 Å². The molecular formula is C16H26N2O. The Labute approximate surface area is 116 Å². The van der Waals surface area contributed by atoms with Gasteiger partial charge in [0, 0.05) is 18.1 Å². The van der Waals surface area contributed by atoms with Crippen molar-refractivity contribution >= 4 is 0 Å². The average molecular weight is 262 g/mol. The molecule has 1 unspecified atom stereocenters. The van der Waals surface area contributed by atoms with Gasteiger partial charge in [-0.2, -0.15) is 0 Å². The molecule has 2 fully saturated rings. The van der Waals surface area contributed by atoms with Crippen molar-refractivity contribution in [3.8, 4) is 0 Å². The number of hydrogen-bond acceptors (Lipinski definition) is 3. The van der Waals surface area contributed by atoms with E-state index in [1.165, 1.54) is 51.6 Å². The molecule has 2 aliphatic rings. The summed E-state index contributed by atoms with van der Waals surface area (Å²) in [6, 6.07) is 4.89. The summed E-state index contributed by atoms with van der Waals surface area (Å²) >= 11 is 0. The highest BCUT2D eigenvalue weighted by atomic mass is 16.3. The zero-order valence-corrected chi connectivity index (χ0v) is 12.0. The molecule has 0 aromatic carbocycles. The second-order valence-corrected chi connectivity index (χ2v) is 6.28. The Morgan fingerprint density at radius 2 is 2.37 bits per heavy atom. The van der Waals surface area contributed by atoms with Crippen molar-refractivity contribution in [1.82, 2.24) is 10.2 Å². The van der Waals surface area contributed by atoms with E-state index in [0.29, 0.717) is 5.54 Å². The van der Waals surface area contributed by atoms with E-state index >= 15 is 0 Å². The lowest BCUT2D eigenvalue weighted by atomic mass is 9.91. The normalized spacial score (nSPS) is 27.3.